The van der Waals surface area contributed by atoms with Gasteiger partial charge in [-0.15, -0.1) is 4.40 Å². The molecule has 1 heterocycles. The number of thioether (sulfide) groups is 1. The Hall–Kier alpha value is -2.72. The molecular formula is C19H18FN3O4S2. The quantitative estimate of drug-likeness (QED) is 0.753. The van der Waals surface area contributed by atoms with Gasteiger partial charge >= 0.3 is 0 Å². The number of rotatable bonds is 6. The Morgan fingerprint density at radius 2 is 1.83 bits per heavy atom. The minimum atomic E-state index is -3.98. The lowest BCUT2D eigenvalue weighted by Crippen LogP contribution is -2.33. The van der Waals surface area contributed by atoms with Gasteiger partial charge in [0, 0.05) is 18.7 Å². The van der Waals surface area contributed by atoms with Gasteiger partial charge in [0.1, 0.15) is 11.1 Å². The van der Waals surface area contributed by atoms with Crippen LogP contribution in [0.3, 0.4) is 0 Å². The number of anilines is 1. The lowest BCUT2D eigenvalue weighted by molar-refractivity contribution is -0.128. The number of sulfonamides is 1. The van der Waals surface area contributed by atoms with E-state index in [-0.39, 0.29) is 28.9 Å². The van der Waals surface area contributed by atoms with Crippen molar-refractivity contribution in [3.8, 4) is 0 Å². The summed E-state index contributed by atoms with van der Waals surface area (Å²) in [6, 6.07) is 12.9. The molecule has 0 radical (unpaired) electrons. The summed E-state index contributed by atoms with van der Waals surface area (Å²) in [7, 11) is -3.98. The van der Waals surface area contributed by atoms with Crippen molar-refractivity contribution in [2.75, 3.05) is 11.9 Å². The third kappa shape index (κ3) is 5.01. The van der Waals surface area contributed by atoms with Crippen LogP contribution in [0.2, 0.25) is 0 Å². The van der Waals surface area contributed by atoms with E-state index in [1.807, 2.05) is 0 Å². The zero-order valence-corrected chi connectivity index (χ0v) is 17.0. The minimum absolute atomic E-state index is 0.0223. The van der Waals surface area contributed by atoms with E-state index in [1.54, 1.807) is 25.1 Å². The standard InChI is InChI=1S/C19H18FN3O4S2/c1-2-23-18(25)16(12-17(24)21-14-10-8-13(20)9-11-14)28-19(23)22-29(26,27)15-6-4-3-5-7-15/h3-11,16H,2,12H2,1H3,(H,21,24)/b22-19-. The minimum Gasteiger partial charge on any atom is -0.326 e. The van der Waals surface area contributed by atoms with Gasteiger partial charge in [-0.25, -0.2) is 4.39 Å². The van der Waals surface area contributed by atoms with E-state index >= 15 is 0 Å². The molecule has 0 aromatic heterocycles. The maximum atomic E-state index is 13.0. The zero-order chi connectivity index (χ0) is 21.0. The van der Waals surface area contributed by atoms with Gasteiger partial charge in [-0.3, -0.25) is 14.5 Å². The number of nitrogens with one attached hydrogen (secondary N) is 1. The van der Waals surface area contributed by atoms with Gasteiger partial charge in [0.15, 0.2) is 5.17 Å². The summed E-state index contributed by atoms with van der Waals surface area (Å²) in [6.07, 6.45) is -0.165. The molecule has 1 unspecified atom stereocenters. The van der Waals surface area contributed by atoms with Crippen molar-refractivity contribution in [2.45, 2.75) is 23.5 Å². The summed E-state index contributed by atoms with van der Waals surface area (Å²) in [4.78, 5) is 26.1. The van der Waals surface area contributed by atoms with Crippen LogP contribution in [-0.2, 0) is 19.6 Å². The summed E-state index contributed by atoms with van der Waals surface area (Å²) in [5, 5.41) is 1.84. The number of benzene rings is 2. The van der Waals surface area contributed by atoms with E-state index in [1.165, 1.54) is 41.3 Å². The van der Waals surface area contributed by atoms with E-state index in [4.69, 9.17) is 0 Å². The molecule has 0 saturated carbocycles. The molecular weight excluding hydrogens is 417 g/mol. The van der Waals surface area contributed by atoms with Gasteiger partial charge in [0.2, 0.25) is 11.8 Å². The molecule has 1 aliphatic rings. The van der Waals surface area contributed by atoms with Gasteiger partial charge in [-0.2, -0.15) is 8.42 Å². The molecule has 1 atom stereocenters. The Balaban J connectivity index is 1.74. The Bertz CT molecular complexity index is 1040. The predicted molar refractivity (Wildman–Crippen MR) is 109 cm³/mol. The highest BCUT2D eigenvalue weighted by Crippen LogP contribution is 2.31. The number of hydrogen-bond donors (Lipinski definition) is 1. The molecule has 1 aliphatic heterocycles. The molecule has 2 aromatic carbocycles. The van der Waals surface area contributed by atoms with E-state index in [9.17, 15) is 22.4 Å². The molecule has 29 heavy (non-hydrogen) atoms. The molecule has 2 aromatic rings. The second kappa shape index (κ2) is 8.75. The van der Waals surface area contributed by atoms with Crippen LogP contribution in [0, 0.1) is 5.82 Å². The fourth-order valence-electron chi connectivity index (χ4n) is 2.66. The molecule has 1 N–H and O–H groups in total. The second-order valence-corrected chi connectivity index (χ2v) is 8.88. The summed E-state index contributed by atoms with van der Waals surface area (Å²) >= 11 is 0.941. The van der Waals surface area contributed by atoms with Gasteiger partial charge in [0.25, 0.3) is 10.0 Å². The molecule has 1 fully saturated rings. The van der Waals surface area contributed by atoms with Crippen LogP contribution in [0.5, 0.6) is 0 Å². The smallest absolute Gasteiger partial charge is 0.284 e. The molecule has 152 valence electrons. The number of halogens is 1. The maximum Gasteiger partial charge on any atom is 0.284 e. The van der Waals surface area contributed by atoms with Gasteiger partial charge in [-0.1, -0.05) is 30.0 Å². The van der Waals surface area contributed by atoms with Gasteiger partial charge in [0.05, 0.1) is 4.90 Å². The monoisotopic (exact) mass is 435 g/mol. The Morgan fingerprint density at radius 3 is 2.45 bits per heavy atom. The van der Waals surface area contributed by atoms with Crippen LogP contribution in [0.4, 0.5) is 10.1 Å². The fourth-order valence-corrected chi connectivity index (χ4v) is 5.10. The van der Waals surface area contributed by atoms with Crippen molar-refractivity contribution in [3.63, 3.8) is 0 Å². The van der Waals surface area contributed by atoms with Gasteiger partial charge in [-0.05, 0) is 43.3 Å². The maximum absolute atomic E-state index is 13.0. The topological polar surface area (TPSA) is 95.9 Å². The van der Waals surface area contributed by atoms with Crippen molar-refractivity contribution < 1.29 is 22.4 Å². The molecule has 10 heteroatoms. The highest BCUT2D eigenvalue weighted by molar-refractivity contribution is 8.16. The normalized spacial score (nSPS) is 18.3. The molecule has 0 bridgehead atoms. The van der Waals surface area contributed by atoms with E-state index in [0.717, 1.165) is 11.8 Å². The SMILES string of the molecule is CCN1C(=O)C(CC(=O)Nc2ccc(F)cc2)S/C1=N\S(=O)(=O)c1ccccc1. The highest BCUT2D eigenvalue weighted by atomic mass is 32.2. The van der Waals surface area contributed by atoms with Crippen LogP contribution < -0.4 is 5.32 Å². The molecule has 0 spiro atoms. The van der Waals surface area contributed by atoms with Crippen LogP contribution in [0.25, 0.3) is 0 Å². The number of carbonyl (C=O) groups is 2. The van der Waals surface area contributed by atoms with E-state index in [0.29, 0.717) is 5.69 Å². The summed E-state index contributed by atoms with van der Waals surface area (Å²) in [5.41, 5.74) is 0.403. The molecule has 1 saturated heterocycles. The first-order valence-corrected chi connectivity index (χ1v) is 11.1. The Labute approximate surface area is 172 Å². The Kier molecular flexibility index (Phi) is 6.33. The third-order valence-corrected chi connectivity index (χ3v) is 6.65. The number of amides is 2. The molecule has 7 nitrogen and oxygen atoms in total. The largest absolute Gasteiger partial charge is 0.326 e. The van der Waals surface area contributed by atoms with Crippen molar-refractivity contribution in [1.82, 2.24) is 4.90 Å². The summed E-state index contributed by atoms with van der Waals surface area (Å²) < 4.78 is 41.8. The van der Waals surface area contributed by atoms with Crippen molar-refractivity contribution in [1.29, 1.82) is 0 Å². The average molecular weight is 436 g/mol. The average Bonchev–Trinajstić information content (AvgIpc) is 2.97. The van der Waals surface area contributed by atoms with Crippen molar-refractivity contribution in [2.24, 2.45) is 4.40 Å². The molecule has 0 aliphatic carbocycles. The van der Waals surface area contributed by atoms with Crippen molar-refractivity contribution >= 4 is 44.5 Å². The predicted octanol–water partition coefficient (Wildman–Crippen LogP) is 2.86. The van der Waals surface area contributed by atoms with Gasteiger partial charge < -0.3 is 5.32 Å². The highest BCUT2D eigenvalue weighted by Gasteiger charge is 2.39. The molecule has 2 amide bonds. The second-order valence-electron chi connectivity index (χ2n) is 6.11. The lowest BCUT2D eigenvalue weighted by Gasteiger charge is -2.13. The number of carbonyl (C=O) groups excluding carboxylic acids is 2. The Morgan fingerprint density at radius 1 is 1.17 bits per heavy atom. The van der Waals surface area contributed by atoms with E-state index in [2.05, 4.69) is 9.71 Å². The van der Waals surface area contributed by atoms with Crippen LogP contribution in [0.15, 0.2) is 63.9 Å². The summed E-state index contributed by atoms with van der Waals surface area (Å²) in [6.45, 7) is 1.93. The van der Waals surface area contributed by atoms with Crippen molar-refractivity contribution in [3.05, 3.63) is 60.4 Å². The fraction of sp³-hybridized carbons (Fsp3) is 0.211. The first-order valence-electron chi connectivity index (χ1n) is 8.73. The van der Waals surface area contributed by atoms with Crippen LogP contribution >= 0.6 is 11.8 Å². The zero-order valence-electron chi connectivity index (χ0n) is 15.4. The number of amidine groups is 1. The summed E-state index contributed by atoms with van der Waals surface area (Å²) in [5.74, 6) is -1.25. The lowest BCUT2D eigenvalue weighted by atomic mass is 10.2. The van der Waals surface area contributed by atoms with E-state index < -0.39 is 27.0 Å². The van der Waals surface area contributed by atoms with Crippen LogP contribution in [-0.4, -0.2) is 42.1 Å². The number of nitrogens with zero attached hydrogens (tertiary/aromatic N) is 2. The first-order chi connectivity index (χ1) is 13.8. The first kappa shape index (κ1) is 21.0. The third-order valence-electron chi connectivity index (χ3n) is 4.07. The molecule has 3 rings (SSSR count). The van der Waals surface area contributed by atoms with Crippen LogP contribution in [0.1, 0.15) is 13.3 Å². The number of hydrogen-bond acceptors (Lipinski definition) is 5.